The Hall–Kier alpha value is -4.29. The Labute approximate surface area is 345 Å². The van der Waals surface area contributed by atoms with Gasteiger partial charge in [0.15, 0.2) is 24.8 Å². The van der Waals surface area contributed by atoms with Crippen LogP contribution in [0, 0.1) is 0 Å². The van der Waals surface area contributed by atoms with E-state index in [2.05, 4.69) is 5.32 Å². The van der Waals surface area contributed by atoms with Crippen molar-refractivity contribution in [2.45, 2.75) is 119 Å². The predicted molar refractivity (Wildman–Crippen MR) is 203 cm³/mol. The lowest BCUT2D eigenvalue weighted by Crippen LogP contribution is -2.67. The number of esters is 2. The van der Waals surface area contributed by atoms with E-state index in [1.807, 2.05) is 0 Å². The number of ether oxygens (including phenoxy) is 9. The maximum Gasteiger partial charge on any atom is 0.330 e. The second-order valence-electron chi connectivity index (χ2n) is 14.4. The Bertz CT molecular complexity index is 1730. The van der Waals surface area contributed by atoms with Crippen molar-refractivity contribution in [3.8, 4) is 11.5 Å². The number of nitrogens with one attached hydrogen (secondary N) is 1. The minimum Gasteiger partial charge on any atom is -0.497 e. The number of aliphatic hydroxyl groups is 7. The number of aliphatic hydroxyl groups excluding tert-OH is 7. The molecule has 5 rings (SSSR count). The van der Waals surface area contributed by atoms with E-state index in [-0.39, 0.29) is 11.7 Å². The van der Waals surface area contributed by atoms with Crippen molar-refractivity contribution in [1.29, 1.82) is 0 Å². The molecule has 3 fully saturated rings. The molecule has 2 aromatic rings. The van der Waals surface area contributed by atoms with Crippen LogP contribution in [0.4, 0.5) is 0 Å². The fourth-order valence-electron chi connectivity index (χ4n) is 6.72. The van der Waals surface area contributed by atoms with Crippen LogP contribution in [-0.4, -0.2) is 173 Å². The smallest absolute Gasteiger partial charge is 0.330 e. The third kappa shape index (κ3) is 12.0. The summed E-state index contributed by atoms with van der Waals surface area (Å²) in [6, 6.07) is 13.4. The molecule has 3 aliphatic rings. The lowest BCUT2D eigenvalue weighted by molar-refractivity contribution is -0.382. The van der Waals surface area contributed by atoms with Crippen molar-refractivity contribution in [3.05, 3.63) is 65.7 Å². The Balaban J connectivity index is 1.42. The van der Waals surface area contributed by atoms with Gasteiger partial charge >= 0.3 is 11.9 Å². The Morgan fingerprint density at radius 3 is 1.88 bits per heavy atom. The van der Waals surface area contributed by atoms with Gasteiger partial charge in [-0.15, -0.1) is 0 Å². The van der Waals surface area contributed by atoms with E-state index in [1.165, 1.54) is 27.0 Å². The fraction of sp³-hybridized carbons (Fsp3) is 0.575. The number of amides is 1. The monoisotopic (exact) mass is 851 g/mol. The van der Waals surface area contributed by atoms with Crippen LogP contribution in [0.1, 0.15) is 31.9 Å². The van der Waals surface area contributed by atoms with Gasteiger partial charge in [-0.2, -0.15) is 0 Å². The summed E-state index contributed by atoms with van der Waals surface area (Å²) >= 11 is 0. The molecule has 0 radical (unpaired) electrons. The zero-order valence-corrected chi connectivity index (χ0v) is 33.3. The van der Waals surface area contributed by atoms with E-state index >= 15 is 0 Å². The van der Waals surface area contributed by atoms with Gasteiger partial charge in [-0.3, -0.25) is 9.59 Å². The van der Waals surface area contributed by atoms with E-state index in [0.717, 1.165) is 18.6 Å². The lowest BCUT2D eigenvalue weighted by Gasteiger charge is -2.49. The van der Waals surface area contributed by atoms with Crippen LogP contribution in [0.5, 0.6) is 11.5 Å². The molecule has 2 aromatic carbocycles. The minimum absolute atomic E-state index is 0.184. The number of benzene rings is 2. The first-order valence-corrected chi connectivity index (χ1v) is 19.2. The molecule has 8 N–H and O–H groups in total. The van der Waals surface area contributed by atoms with Crippen LogP contribution in [0.15, 0.2) is 54.6 Å². The molecule has 0 aliphatic carbocycles. The maximum absolute atomic E-state index is 12.6. The molecule has 0 spiro atoms. The topological polar surface area (TPSA) is 288 Å². The molecule has 1 amide bonds. The molecular weight excluding hydrogens is 798 g/mol. The molecule has 0 aromatic heterocycles. The Morgan fingerprint density at radius 2 is 1.30 bits per heavy atom. The van der Waals surface area contributed by atoms with E-state index in [9.17, 15) is 50.1 Å². The summed E-state index contributed by atoms with van der Waals surface area (Å²) in [5.41, 5.74) is 1.50. The average molecular weight is 852 g/mol. The van der Waals surface area contributed by atoms with Gasteiger partial charge in [-0.05, 0) is 54.8 Å². The normalized spacial score (nSPS) is 34.4. The van der Waals surface area contributed by atoms with Crippen LogP contribution >= 0.6 is 0 Å². The van der Waals surface area contributed by atoms with Crippen molar-refractivity contribution < 1.29 is 92.8 Å². The third-order valence-corrected chi connectivity index (χ3v) is 10.0. The fourth-order valence-corrected chi connectivity index (χ4v) is 6.72. The summed E-state index contributed by atoms with van der Waals surface area (Å²) in [4.78, 5) is 36.4. The first-order chi connectivity index (χ1) is 28.6. The van der Waals surface area contributed by atoms with Crippen molar-refractivity contribution in [3.63, 3.8) is 0 Å². The van der Waals surface area contributed by atoms with Gasteiger partial charge in [0.2, 0.25) is 12.2 Å². The van der Waals surface area contributed by atoms with Gasteiger partial charge in [0.1, 0.15) is 73.0 Å². The molecule has 20 nitrogen and oxygen atoms in total. The molecule has 15 atom stereocenters. The highest BCUT2D eigenvalue weighted by molar-refractivity contribution is 5.87. The largest absolute Gasteiger partial charge is 0.497 e. The van der Waals surface area contributed by atoms with Crippen LogP contribution in [-0.2, 0) is 54.0 Å². The van der Waals surface area contributed by atoms with Gasteiger partial charge in [-0.1, -0.05) is 24.3 Å². The highest BCUT2D eigenvalue weighted by atomic mass is 16.8. The molecule has 3 saturated heterocycles. The molecule has 0 saturated carbocycles. The summed E-state index contributed by atoms with van der Waals surface area (Å²) in [7, 11) is 1.52. The quantitative estimate of drug-likeness (QED) is 0.0674. The summed E-state index contributed by atoms with van der Waals surface area (Å²) < 4.78 is 52.3. The number of methoxy groups -OCH3 is 1. The zero-order valence-electron chi connectivity index (χ0n) is 33.3. The number of rotatable bonds is 16. The predicted octanol–water partition coefficient (Wildman–Crippen LogP) is -1.94. The summed E-state index contributed by atoms with van der Waals surface area (Å²) in [6.45, 7) is 2.99. The van der Waals surface area contributed by atoms with E-state index in [0.29, 0.717) is 24.3 Å². The summed E-state index contributed by atoms with van der Waals surface area (Å²) in [5.74, 6) is -0.990. The first kappa shape index (κ1) is 46.8. The lowest BCUT2D eigenvalue weighted by atomic mass is 9.96. The highest BCUT2D eigenvalue weighted by Crippen LogP contribution is 2.36. The standard InChI is InChI=1S/C40H53NO19/c1-19-35(55-21(3)44)36(59-38-33(50)31(48)29(46)26(17-42)57-38)37(40(54-19)56-25-12-7-23(8-13-25)15-16-41-20(2)43)60-39-34(51)32(49)30(47)27(58-39)18-53-28(45)14-9-22-5-10-24(52-4)11-6-22/h5-14,19,26-27,29-40,42,46-51H,15-18H2,1-4H3,(H,41,43)/t19-,26+,27+,29+,30+,31-,32-,33+,34+,35-,36+,37+,38-,39-,40-/m0/s1. The number of hydrogen-bond donors (Lipinski definition) is 8. The SMILES string of the molecule is COc1ccc(C=CC(=O)OC[C@H]2O[C@@H](O[C@H]3[C@H](Oc4ccc(CCNC(C)=O)cc4)O[C@@H](C)[C@H](OC(C)=O)[C@H]3O[C@@H]3O[C@H](CO)[C@@H](O)[C@H](O)[C@H]3O)[C@H](O)[C@@H](O)[C@@H]2O)cc1. The Kier molecular flexibility index (Phi) is 16.7. The van der Waals surface area contributed by atoms with Crippen LogP contribution in [0.25, 0.3) is 6.08 Å². The molecule has 0 unspecified atom stereocenters. The summed E-state index contributed by atoms with van der Waals surface area (Å²) in [6.07, 6.45) is -21.8. The van der Waals surface area contributed by atoms with Gasteiger partial charge in [0.05, 0.1) is 19.8 Å². The molecule has 3 aliphatic heterocycles. The van der Waals surface area contributed by atoms with Gasteiger partial charge in [-0.25, -0.2) is 4.79 Å². The molecular formula is C40H53NO19. The number of hydrogen-bond acceptors (Lipinski definition) is 19. The second kappa shape index (κ2) is 21.5. The van der Waals surface area contributed by atoms with Crippen LogP contribution in [0.3, 0.4) is 0 Å². The maximum atomic E-state index is 12.6. The molecule has 0 bridgehead atoms. The zero-order chi connectivity index (χ0) is 43.7. The molecule has 3 heterocycles. The van der Waals surface area contributed by atoms with E-state index in [1.54, 1.807) is 48.5 Å². The highest BCUT2D eigenvalue weighted by Gasteiger charge is 2.55. The molecule has 332 valence electrons. The minimum atomic E-state index is -1.97. The van der Waals surface area contributed by atoms with Crippen molar-refractivity contribution in [1.82, 2.24) is 5.32 Å². The van der Waals surface area contributed by atoms with Gasteiger partial charge in [0.25, 0.3) is 0 Å². The average Bonchev–Trinajstić information content (AvgIpc) is 3.22. The van der Waals surface area contributed by atoms with E-state index < -0.39 is 117 Å². The van der Waals surface area contributed by atoms with E-state index in [4.69, 9.17) is 42.6 Å². The van der Waals surface area contributed by atoms with Crippen LogP contribution < -0.4 is 14.8 Å². The van der Waals surface area contributed by atoms with Crippen molar-refractivity contribution in [2.24, 2.45) is 0 Å². The second-order valence-corrected chi connectivity index (χ2v) is 14.4. The summed E-state index contributed by atoms with van der Waals surface area (Å²) in [5, 5.41) is 77.4. The van der Waals surface area contributed by atoms with Crippen molar-refractivity contribution >= 4 is 23.9 Å². The molecule has 20 heteroatoms. The van der Waals surface area contributed by atoms with Gasteiger partial charge in [0, 0.05) is 26.5 Å². The number of carbonyl (C=O) groups is 3. The Morgan fingerprint density at radius 1 is 0.717 bits per heavy atom. The van der Waals surface area contributed by atoms with Crippen LogP contribution in [0.2, 0.25) is 0 Å². The molecule has 60 heavy (non-hydrogen) atoms. The van der Waals surface area contributed by atoms with Crippen molar-refractivity contribution in [2.75, 3.05) is 26.9 Å². The third-order valence-electron chi connectivity index (χ3n) is 10.0. The van der Waals surface area contributed by atoms with Gasteiger partial charge < -0.3 is 83.7 Å². The number of carbonyl (C=O) groups excluding carboxylic acids is 3. The first-order valence-electron chi connectivity index (χ1n) is 19.2.